The molecule has 24 heavy (non-hydrogen) atoms. The van der Waals surface area contributed by atoms with Crippen LogP contribution >= 0.6 is 0 Å². The standard InChI is InChI=1S/C18H19N3O3/c1-21(2)14-9-7-13(8-10-14)11-19-20-18(22)17-12-23-15-5-3-4-6-16(15)24-17/h3-11,17H,12H2,1-2H3,(H,20,22)/b19-11-/t17-/m1/s1. The van der Waals surface area contributed by atoms with Gasteiger partial charge in [0.25, 0.3) is 5.91 Å². The summed E-state index contributed by atoms with van der Waals surface area (Å²) < 4.78 is 11.1. The van der Waals surface area contributed by atoms with Crippen LogP contribution in [0.1, 0.15) is 5.56 Å². The fourth-order valence-electron chi connectivity index (χ4n) is 2.25. The van der Waals surface area contributed by atoms with Crippen molar-refractivity contribution in [3.63, 3.8) is 0 Å². The van der Waals surface area contributed by atoms with Crippen molar-refractivity contribution in [1.82, 2.24) is 5.43 Å². The van der Waals surface area contributed by atoms with E-state index in [9.17, 15) is 4.79 Å². The minimum Gasteiger partial charge on any atom is -0.485 e. The molecule has 0 spiro atoms. The number of para-hydroxylation sites is 2. The summed E-state index contributed by atoms with van der Waals surface area (Å²) in [6.07, 6.45) is 0.878. The van der Waals surface area contributed by atoms with Gasteiger partial charge in [-0.15, -0.1) is 0 Å². The third kappa shape index (κ3) is 3.65. The second kappa shape index (κ2) is 7.04. The van der Waals surface area contributed by atoms with Gasteiger partial charge in [-0.3, -0.25) is 4.79 Å². The van der Waals surface area contributed by atoms with E-state index in [2.05, 4.69) is 10.5 Å². The molecule has 1 aliphatic rings. The van der Waals surface area contributed by atoms with E-state index in [0.29, 0.717) is 11.5 Å². The largest absolute Gasteiger partial charge is 0.485 e. The number of amides is 1. The van der Waals surface area contributed by atoms with E-state index in [1.54, 1.807) is 18.3 Å². The molecule has 1 heterocycles. The fraction of sp³-hybridized carbons (Fsp3) is 0.222. The van der Waals surface area contributed by atoms with E-state index in [1.165, 1.54) is 0 Å². The second-order valence-corrected chi connectivity index (χ2v) is 5.58. The van der Waals surface area contributed by atoms with Gasteiger partial charge < -0.3 is 14.4 Å². The number of carbonyl (C=O) groups is 1. The first kappa shape index (κ1) is 15.9. The summed E-state index contributed by atoms with van der Waals surface area (Å²) in [5.41, 5.74) is 4.48. The number of ether oxygens (including phenoxy) is 2. The van der Waals surface area contributed by atoms with Crippen LogP contribution in [0.25, 0.3) is 0 Å². The molecule has 3 rings (SSSR count). The maximum Gasteiger partial charge on any atom is 0.284 e. The third-order valence-corrected chi connectivity index (χ3v) is 3.60. The number of hydrazone groups is 1. The molecule has 0 radical (unpaired) electrons. The van der Waals surface area contributed by atoms with Crippen LogP contribution in [0.4, 0.5) is 5.69 Å². The lowest BCUT2D eigenvalue weighted by molar-refractivity contribution is -0.130. The van der Waals surface area contributed by atoms with E-state index in [0.717, 1.165) is 11.3 Å². The number of benzene rings is 2. The number of hydrogen-bond donors (Lipinski definition) is 1. The monoisotopic (exact) mass is 325 g/mol. The van der Waals surface area contributed by atoms with Crippen LogP contribution in [0.3, 0.4) is 0 Å². The van der Waals surface area contributed by atoms with Crippen molar-refractivity contribution < 1.29 is 14.3 Å². The first-order valence-electron chi connectivity index (χ1n) is 7.62. The van der Waals surface area contributed by atoms with Gasteiger partial charge in [0.05, 0.1) is 6.21 Å². The van der Waals surface area contributed by atoms with Crippen LogP contribution in [0, 0.1) is 0 Å². The summed E-state index contributed by atoms with van der Waals surface area (Å²) in [6, 6.07) is 15.1. The minimum atomic E-state index is -0.715. The van der Waals surface area contributed by atoms with E-state index in [4.69, 9.17) is 9.47 Å². The number of nitrogens with one attached hydrogen (secondary N) is 1. The highest BCUT2D eigenvalue weighted by molar-refractivity contribution is 5.85. The van der Waals surface area contributed by atoms with E-state index in [-0.39, 0.29) is 12.5 Å². The van der Waals surface area contributed by atoms with Crippen molar-refractivity contribution in [2.75, 3.05) is 25.6 Å². The predicted octanol–water partition coefficient (Wildman–Crippen LogP) is 2.04. The topological polar surface area (TPSA) is 63.2 Å². The molecule has 0 saturated heterocycles. The number of hydrogen-bond acceptors (Lipinski definition) is 5. The quantitative estimate of drug-likeness (QED) is 0.690. The molecule has 1 atom stereocenters. The van der Waals surface area contributed by atoms with E-state index < -0.39 is 6.10 Å². The second-order valence-electron chi connectivity index (χ2n) is 5.58. The summed E-state index contributed by atoms with van der Waals surface area (Å²) in [6.45, 7) is 0.163. The molecule has 0 aliphatic carbocycles. The predicted molar refractivity (Wildman–Crippen MR) is 92.9 cm³/mol. The molecule has 6 nitrogen and oxygen atoms in total. The molecule has 6 heteroatoms. The van der Waals surface area contributed by atoms with Gasteiger partial charge in [-0.2, -0.15) is 5.10 Å². The Morgan fingerprint density at radius 2 is 1.88 bits per heavy atom. The summed E-state index contributed by atoms with van der Waals surface area (Å²) in [5, 5.41) is 3.97. The lowest BCUT2D eigenvalue weighted by atomic mass is 10.2. The molecule has 2 aromatic carbocycles. The van der Waals surface area contributed by atoms with Gasteiger partial charge in [-0.1, -0.05) is 24.3 Å². The Balaban J connectivity index is 1.56. The van der Waals surface area contributed by atoms with Crippen LogP contribution in [0.5, 0.6) is 11.5 Å². The molecule has 1 aliphatic heterocycles. The highest BCUT2D eigenvalue weighted by atomic mass is 16.6. The lowest BCUT2D eigenvalue weighted by Gasteiger charge is -2.24. The molecular formula is C18H19N3O3. The third-order valence-electron chi connectivity index (χ3n) is 3.60. The zero-order chi connectivity index (χ0) is 16.9. The van der Waals surface area contributed by atoms with Crippen LogP contribution in [0.15, 0.2) is 53.6 Å². The Bertz CT molecular complexity index is 741. The van der Waals surface area contributed by atoms with Gasteiger partial charge in [0.2, 0.25) is 6.10 Å². The Kier molecular flexibility index (Phi) is 4.65. The molecular weight excluding hydrogens is 306 g/mol. The fourth-order valence-corrected chi connectivity index (χ4v) is 2.25. The Hall–Kier alpha value is -3.02. The molecule has 1 N–H and O–H groups in total. The number of anilines is 1. The molecule has 0 aromatic heterocycles. The van der Waals surface area contributed by atoms with E-state index in [1.807, 2.05) is 55.4 Å². The summed E-state index contributed by atoms with van der Waals surface area (Å²) in [7, 11) is 3.96. The average Bonchev–Trinajstić information content (AvgIpc) is 2.61. The van der Waals surface area contributed by atoms with Gasteiger partial charge in [0.15, 0.2) is 11.5 Å². The van der Waals surface area contributed by atoms with Crippen LogP contribution in [-0.4, -0.2) is 38.9 Å². The molecule has 0 bridgehead atoms. The molecule has 0 saturated carbocycles. The van der Waals surface area contributed by atoms with Gasteiger partial charge in [0.1, 0.15) is 6.61 Å². The maximum atomic E-state index is 12.1. The SMILES string of the molecule is CN(C)c1ccc(/C=N\NC(=O)[C@H]2COc3ccccc3O2)cc1. The Morgan fingerprint density at radius 1 is 1.17 bits per heavy atom. The first-order chi connectivity index (χ1) is 11.6. The first-order valence-corrected chi connectivity index (χ1v) is 7.62. The van der Waals surface area contributed by atoms with Crippen molar-refractivity contribution >= 4 is 17.8 Å². The van der Waals surface area contributed by atoms with Crippen molar-refractivity contribution in [1.29, 1.82) is 0 Å². The number of nitrogens with zero attached hydrogens (tertiary/aromatic N) is 2. The smallest absolute Gasteiger partial charge is 0.284 e. The highest BCUT2D eigenvalue weighted by Gasteiger charge is 2.26. The molecule has 124 valence electrons. The summed E-state index contributed by atoms with van der Waals surface area (Å²) in [4.78, 5) is 14.1. The zero-order valence-electron chi connectivity index (χ0n) is 13.6. The summed E-state index contributed by atoms with van der Waals surface area (Å²) in [5.74, 6) is 0.865. The molecule has 1 amide bonds. The van der Waals surface area contributed by atoms with Gasteiger partial charge in [0, 0.05) is 19.8 Å². The normalized spacial score (nSPS) is 16.0. The Labute approximate surface area is 140 Å². The van der Waals surface area contributed by atoms with Crippen molar-refractivity contribution in [2.45, 2.75) is 6.10 Å². The number of rotatable bonds is 4. The van der Waals surface area contributed by atoms with E-state index >= 15 is 0 Å². The van der Waals surface area contributed by atoms with Crippen LogP contribution < -0.4 is 19.8 Å². The van der Waals surface area contributed by atoms with Gasteiger partial charge in [-0.25, -0.2) is 5.43 Å². The number of carbonyl (C=O) groups excluding carboxylic acids is 1. The van der Waals surface area contributed by atoms with Gasteiger partial charge in [-0.05, 0) is 29.8 Å². The zero-order valence-corrected chi connectivity index (χ0v) is 13.6. The molecule has 0 fully saturated rings. The lowest BCUT2D eigenvalue weighted by Crippen LogP contribution is -2.42. The van der Waals surface area contributed by atoms with Gasteiger partial charge >= 0.3 is 0 Å². The highest BCUT2D eigenvalue weighted by Crippen LogP contribution is 2.30. The van der Waals surface area contributed by atoms with Crippen molar-refractivity contribution in [3.05, 3.63) is 54.1 Å². The van der Waals surface area contributed by atoms with Crippen LogP contribution in [0.2, 0.25) is 0 Å². The minimum absolute atomic E-state index is 0.163. The average molecular weight is 325 g/mol. The van der Waals surface area contributed by atoms with Crippen molar-refractivity contribution in [3.8, 4) is 11.5 Å². The summed E-state index contributed by atoms with van der Waals surface area (Å²) >= 11 is 0. The Morgan fingerprint density at radius 3 is 2.58 bits per heavy atom. The van der Waals surface area contributed by atoms with Crippen LogP contribution in [-0.2, 0) is 4.79 Å². The van der Waals surface area contributed by atoms with Crippen molar-refractivity contribution in [2.24, 2.45) is 5.10 Å². The maximum absolute atomic E-state index is 12.1. The number of fused-ring (bicyclic) bond motifs is 1. The molecule has 2 aromatic rings. The molecule has 0 unspecified atom stereocenters.